The lowest BCUT2D eigenvalue weighted by Gasteiger charge is -2.46. The maximum atomic E-state index is 13.5. The zero-order chi connectivity index (χ0) is 18.7. The summed E-state index contributed by atoms with van der Waals surface area (Å²) in [6.07, 6.45) is 3.65. The standard InChI is InChI=1S/C20H30FN3O2/c1-15-4-5-17(21)12-16(15)14-24-9-7-20(8-10-24)13-18(6-11-26-20)22-19(25)23(2)3/h4-5,12,18H,6-11,13-14H2,1-3H3,(H,22,25)/t18-/m1/s1. The van der Waals surface area contributed by atoms with Crippen LogP contribution in [0, 0.1) is 12.7 Å². The molecule has 2 amide bonds. The van der Waals surface area contributed by atoms with Crippen LogP contribution in [0.3, 0.4) is 0 Å². The number of rotatable bonds is 3. The van der Waals surface area contributed by atoms with Crippen LogP contribution in [0.25, 0.3) is 0 Å². The highest BCUT2D eigenvalue weighted by Gasteiger charge is 2.40. The van der Waals surface area contributed by atoms with E-state index in [9.17, 15) is 9.18 Å². The zero-order valence-electron chi connectivity index (χ0n) is 16.1. The minimum atomic E-state index is -0.172. The van der Waals surface area contributed by atoms with Gasteiger partial charge < -0.3 is 15.0 Å². The van der Waals surface area contributed by atoms with Crippen molar-refractivity contribution in [2.45, 2.75) is 50.8 Å². The second-order valence-electron chi connectivity index (χ2n) is 7.91. The molecule has 3 rings (SSSR count). The molecular weight excluding hydrogens is 333 g/mol. The molecule has 144 valence electrons. The lowest BCUT2D eigenvalue weighted by atomic mass is 9.82. The molecule has 1 N–H and O–H groups in total. The Hall–Kier alpha value is -1.66. The van der Waals surface area contributed by atoms with Crippen LogP contribution in [0.1, 0.15) is 36.8 Å². The highest BCUT2D eigenvalue weighted by Crippen LogP contribution is 2.35. The molecule has 1 spiro atoms. The van der Waals surface area contributed by atoms with Crippen molar-refractivity contribution in [3.8, 4) is 0 Å². The summed E-state index contributed by atoms with van der Waals surface area (Å²) in [6, 6.07) is 5.14. The fourth-order valence-corrected chi connectivity index (χ4v) is 3.97. The zero-order valence-corrected chi connectivity index (χ0v) is 16.1. The minimum absolute atomic E-state index is 0.0361. The van der Waals surface area contributed by atoms with Gasteiger partial charge in [0, 0.05) is 46.4 Å². The topological polar surface area (TPSA) is 44.8 Å². The van der Waals surface area contributed by atoms with Gasteiger partial charge in [-0.3, -0.25) is 4.90 Å². The van der Waals surface area contributed by atoms with Gasteiger partial charge >= 0.3 is 6.03 Å². The Morgan fingerprint density at radius 1 is 1.38 bits per heavy atom. The van der Waals surface area contributed by atoms with Gasteiger partial charge in [-0.05, 0) is 55.9 Å². The predicted molar refractivity (Wildman–Crippen MR) is 99.6 cm³/mol. The molecule has 1 aromatic carbocycles. The van der Waals surface area contributed by atoms with Gasteiger partial charge in [0.2, 0.25) is 0 Å². The normalized spacial score (nSPS) is 23.0. The van der Waals surface area contributed by atoms with Crippen LogP contribution >= 0.6 is 0 Å². The van der Waals surface area contributed by atoms with Crippen molar-refractivity contribution in [2.75, 3.05) is 33.8 Å². The third kappa shape index (κ3) is 4.54. The largest absolute Gasteiger partial charge is 0.375 e. The third-order valence-corrected chi connectivity index (χ3v) is 5.70. The Bertz CT molecular complexity index is 642. The molecule has 2 saturated heterocycles. The Balaban J connectivity index is 1.55. The number of hydrogen-bond acceptors (Lipinski definition) is 3. The maximum Gasteiger partial charge on any atom is 0.317 e. The van der Waals surface area contributed by atoms with E-state index in [1.54, 1.807) is 25.1 Å². The molecule has 0 unspecified atom stereocenters. The van der Waals surface area contributed by atoms with Crippen LogP contribution in [-0.4, -0.2) is 61.3 Å². The molecule has 0 aliphatic carbocycles. The van der Waals surface area contributed by atoms with Crippen molar-refractivity contribution in [3.63, 3.8) is 0 Å². The Kier molecular flexibility index (Phi) is 5.82. The molecule has 2 aliphatic heterocycles. The highest BCUT2D eigenvalue weighted by atomic mass is 19.1. The number of nitrogens with one attached hydrogen (secondary N) is 1. The van der Waals surface area contributed by atoms with Gasteiger partial charge in [0.25, 0.3) is 0 Å². The lowest BCUT2D eigenvalue weighted by Crippen LogP contribution is -2.54. The number of nitrogens with zero attached hydrogens (tertiary/aromatic N) is 2. The van der Waals surface area contributed by atoms with Gasteiger partial charge in [0.1, 0.15) is 5.82 Å². The number of benzene rings is 1. The van der Waals surface area contributed by atoms with Crippen molar-refractivity contribution in [3.05, 3.63) is 35.1 Å². The molecule has 6 heteroatoms. The SMILES string of the molecule is Cc1ccc(F)cc1CN1CCC2(CC1)C[C@H](NC(=O)N(C)C)CCO2. The summed E-state index contributed by atoms with van der Waals surface area (Å²) in [4.78, 5) is 15.9. The minimum Gasteiger partial charge on any atom is -0.375 e. The highest BCUT2D eigenvalue weighted by molar-refractivity contribution is 5.73. The maximum absolute atomic E-state index is 13.5. The fourth-order valence-electron chi connectivity index (χ4n) is 3.97. The van der Waals surface area contributed by atoms with E-state index in [0.717, 1.165) is 56.4 Å². The number of halogens is 1. The number of carbonyl (C=O) groups is 1. The summed E-state index contributed by atoms with van der Waals surface area (Å²) >= 11 is 0. The summed E-state index contributed by atoms with van der Waals surface area (Å²) < 4.78 is 19.7. The molecule has 0 saturated carbocycles. The Morgan fingerprint density at radius 2 is 2.12 bits per heavy atom. The van der Waals surface area contributed by atoms with Crippen LogP contribution in [0.2, 0.25) is 0 Å². The van der Waals surface area contributed by atoms with E-state index in [-0.39, 0.29) is 23.5 Å². The summed E-state index contributed by atoms with van der Waals surface area (Å²) in [7, 11) is 3.52. The number of ether oxygens (including phenoxy) is 1. The summed E-state index contributed by atoms with van der Waals surface area (Å²) in [5.41, 5.74) is 2.06. The molecule has 2 fully saturated rings. The number of amides is 2. The van der Waals surface area contributed by atoms with Crippen molar-refractivity contribution in [1.29, 1.82) is 0 Å². The van der Waals surface area contributed by atoms with Crippen LogP contribution in [0.4, 0.5) is 9.18 Å². The molecule has 0 bridgehead atoms. The Labute approximate surface area is 155 Å². The predicted octanol–water partition coefficient (Wildman–Crippen LogP) is 2.92. The number of aryl methyl sites for hydroxylation is 1. The summed E-state index contributed by atoms with van der Waals surface area (Å²) in [6.45, 7) is 5.37. The first-order chi connectivity index (χ1) is 12.4. The molecule has 1 atom stereocenters. The van der Waals surface area contributed by atoms with E-state index in [2.05, 4.69) is 10.2 Å². The smallest absolute Gasteiger partial charge is 0.317 e. The van der Waals surface area contributed by atoms with E-state index >= 15 is 0 Å². The second kappa shape index (κ2) is 7.92. The quantitative estimate of drug-likeness (QED) is 0.898. The molecule has 0 aromatic heterocycles. The number of carbonyl (C=O) groups excluding carboxylic acids is 1. The molecule has 2 heterocycles. The van der Waals surface area contributed by atoms with Gasteiger partial charge in [0.15, 0.2) is 0 Å². The van der Waals surface area contributed by atoms with Gasteiger partial charge in [-0.1, -0.05) is 6.07 Å². The lowest BCUT2D eigenvalue weighted by molar-refractivity contribution is -0.119. The number of urea groups is 1. The van der Waals surface area contributed by atoms with Crippen LogP contribution in [0.5, 0.6) is 0 Å². The van der Waals surface area contributed by atoms with E-state index in [4.69, 9.17) is 4.74 Å². The van der Waals surface area contributed by atoms with E-state index in [0.29, 0.717) is 6.61 Å². The Morgan fingerprint density at radius 3 is 2.81 bits per heavy atom. The van der Waals surface area contributed by atoms with Crippen LogP contribution < -0.4 is 5.32 Å². The summed E-state index contributed by atoms with van der Waals surface area (Å²) in [5.74, 6) is -0.172. The van der Waals surface area contributed by atoms with Gasteiger partial charge in [-0.25, -0.2) is 9.18 Å². The fraction of sp³-hybridized carbons (Fsp3) is 0.650. The number of piperidine rings is 1. The van der Waals surface area contributed by atoms with E-state index in [1.165, 1.54) is 6.07 Å². The van der Waals surface area contributed by atoms with Crippen molar-refractivity contribution in [2.24, 2.45) is 0 Å². The first kappa shape index (κ1) is 19.1. The average Bonchev–Trinajstić information content (AvgIpc) is 2.60. The average molecular weight is 363 g/mol. The van der Waals surface area contributed by atoms with Crippen molar-refractivity contribution >= 4 is 6.03 Å². The number of likely N-dealkylation sites (tertiary alicyclic amines) is 1. The van der Waals surface area contributed by atoms with Crippen LogP contribution in [-0.2, 0) is 11.3 Å². The van der Waals surface area contributed by atoms with E-state index in [1.807, 2.05) is 13.0 Å². The van der Waals surface area contributed by atoms with Gasteiger partial charge in [0.05, 0.1) is 5.60 Å². The van der Waals surface area contributed by atoms with Gasteiger partial charge in [-0.2, -0.15) is 0 Å². The third-order valence-electron chi connectivity index (χ3n) is 5.70. The molecule has 26 heavy (non-hydrogen) atoms. The molecule has 0 radical (unpaired) electrons. The van der Waals surface area contributed by atoms with Gasteiger partial charge in [-0.15, -0.1) is 0 Å². The summed E-state index contributed by atoms with van der Waals surface area (Å²) in [5, 5.41) is 3.11. The first-order valence-corrected chi connectivity index (χ1v) is 9.46. The molecular formula is C20H30FN3O2. The van der Waals surface area contributed by atoms with Crippen LogP contribution in [0.15, 0.2) is 18.2 Å². The molecule has 2 aliphatic rings. The van der Waals surface area contributed by atoms with Crippen molar-refractivity contribution in [1.82, 2.24) is 15.1 Å². The van der Waals surface area contributed by atoms with E-state index < -0.39 is 0 Å². The molecule has 1 aromatic rings. The van der Waals surface area contributed by atoms with Crippen molar-refractivity contribution < 1.29 is 13.9 Å². The second-order valence-corrected chi connectivity index (χ2v) is 7.91. The monoisotopic (exact) mass is 363 g/mol. The molecule has 5 nitrogen and oxygen atoms in total. The number of hydrogen-bond donors (Lipinski definition) is 1. The first-order valence-electron chi connectivity index (χ1n) is 9.46.